The SMILES string of the molecule is O=C(COc1ccc(-c2ccccc2)cc1)N/N=C/c1ccccc1O. The molecule has 0 bridgehead atoms. The molecule has 0 heterocycles. The summed E-state index contributed by atoms with van der Waals surface area (Å²) in [5.41, 5.74) is 5.08. The number of nitrogens with zero attached hydrogens (tertiary/aromatic N) is 1. The monoisotopic (exact) mass is 346 g/mol. The van der Waals surface area contributed by atoms with Crippen LogP contribution < -0.4 is 10.2 Å². The fourth-order valence-electron chi connectivity index (χ4n) is 2.33. The van der Waals surface area contributed by atoms with Crippen molar-refractivity contribution < 1.29 is 14.6 Å². The lowest BCUT2D eigenvalue weighted by molar-refractivity contribution is -0.123. The van der Waals surface area contributed by atoms with Crippen LogP contribution in [0.3, 0.4) is 0 Å². The predicted molar refractivity (Wildman–Crippen MR) is 101 cm³/mol. The number of nitrogens with one attached hydrogen (secondary N) is 1. The van der Waals surface area contributed by atoms with E-state index in [0.717, 1.165) is 11.1 Å². The number of rotatable bonds is 6. The molecule has 26 heavy (non-hydrogen) atoms. The Morgan fingerprint density at radius 2 is 1.58 bits per heavy atom. The van der Waals surface area contributed by atoms with Crippen LogP contribution in [0.5, 0.6) is 11.5 Å². The van der Waals surface area contributed by atoms with E-state index in [1.54, 1.807) is 24.3 Å². The molecule has 0 atom stereocenters. The van der Waals surface area contributed by atoms with Gasteiger partial charge < -0.3 is 9.84 Å². The lowest BCUT2D eigenvalue weighted by Crippen LogP contribution is -2.24. The minimum Gasteiger partial charge on any atom is -0.507 e. The number of hydrazone groups is 1. The summed E-state index contributed by atoms with van der Waals surface area (Å²) in [5, 5.41) is 13.4. The van der Waals surface area contributed by atoms with Gasteiger partial charge in [0.1, 0.15) is 11.5 Å². The third-order valence-corrected chi connectivity index (χ3v) is 3.66. The highest BCUT2D eigenvalue weighted by Gasteiger charge is 2.03. The second-order valence-electron chi connectivity index (χ2n) is 5.53. The summed E-state index contributed by atoms with van der Waals surface area (Å²) in [5.74, 6) is 0.313. The first-order valence-corrected chi connectivity index (χ1v) is 8.10. The zero-order valence-electron chi connectivity index (χ0n) is 14.0. The average Bonchev–Trinajstić information content (AvgIpc) is 2.69. The highest BCUT2D eigenvalue weighted by atomic mass is 16.5. The van der Waals surface area contributed by atoms with Crippen LogP contribution in [0.25, 0.3) is 11.1 Å². The van der Waals surface area contributed by atoms with E-state index in [2.05, 4.69) is 10.5 Å². The number of amides is 1. The van der Waals surface area contributed by atoms with Crippen LogP contribution in [-0.2, 0) is 4.79 Å². The number of benzene rings is 3. The molecule has 0 aromatic heterocycles. The zero-order valence-corrected chi connectivity index (χ0v) is 14.0. The van der Waals surface area contributed by atoms with Gasteiger partial charge in [-0.05, 0) is 35.4 Å². The van der Waals surface area contributed by atoms with Crippen LogP contribution in [0, 0.1) is 0 Å². The van der Waals surface area contributed by atoms with Crippen LogP contribution in [0.1, 0.15) is 5.56 Å². The molecule has 0 unspecified atom stereocenters. The van der Waals surface area contributed by atoms with E-state index < -0.39 is 0 Å². The number of carbonyl (C=O) groups is 1. The zero-order chi connectivity index (χ0) is 18.2. The van der Waals surface area contributed by atoms with Crippen molar-refractivity contribution in [2.24, 2.45) is 5.10 Å². The first-order valence-electron chi connectivity index (χ1n) is 8.10. The van der Waals surface area contributed by atoms with Gasteiger partial charge in [0.15, 0.2) is 6.61 Å². The number of ether oxygens (including phenoxy) is 1. The third kappa shape index (κ3) is 4.70. The molecule has 5 heteroatoms. The summed E-state index contributed by atoms with van der Waals surface area (Å²) in [7, 11) is 0. The van der Waals surface area contributed by atoms with E-state index in [-0.39, 0.29) is 18.3 Å². The molecule has 1 amide bonds. The summed E-state index contributed by atoms with van der Waals surface area (Å²) in [6.07, 6.45) is 1.38. The summed E-state index contributed by atoms with van der Waals surface area (Å²) in [4.78, 5) is 11.8. The van der Waals surface area contributed by atoms with Crippen molar-refractivity contribution in [3.05, 3.63) is 84.4 Å². The van der Waals surface area contributed by atoms with Gasteiger partial charge in [0.2, 0.25) is 0 Å². The van der Waals surface area contributed by atoms with Gasteiger partial charge >= 0.3 is 0 Å². The molecule has 2 N–H and O–H groups in total. The van der Waals surface area contributed by atoms with Crippen LogP contribution >= 0.6 is 0 Å². The Hall–Kier alpha value is -3.60. The van der Waals surface area contributed by atoms with Crippen molar-refractivity contribution in [2.75, 3.05) is 6.61 Å². The van der Waals surface area contributed by atoms with Gasteiger partial charge in [0.25, 0.3) is 5.91 Å². The predicted octanol–water partition coefficient (Wildman–Crippen LogP) is 3.59. The molecule has 0 spiro atoms. The Balaban J connectivity index is 1.49. The first kappa shape index (κ1) is 17.2. The van der Waals surface area contributed by atoms with Crippen molar-refractivity contribution >= 4 is 12.1 Å². The molecule has 0 fully saturated rings. The van der Waals surface area contributed by atoms with Crippen molar-refractivity contribution in [3.63, 3.8) is 0 Å². The molecule has 0 saturated carbocycles. The van der Waals surface area contributed by atoms with E-state index in [1.165, 1.54) is 6.21 Å². The maximum atomic E-state index is 11.8. The molecular formula is C21H18N2O3. The average molecular weight is 346 g/mol. The summed E-state index contributed by atoms with van der Waals surface area (Å²) >= 11 is 0. The van der Waals surface area contributed by atoms with Gasteiger partial charge in [-0.1, -0.05) is 54.6 Å². The van der Waals surface area contributed by atoms with Gasteiger partial charge in [0, 0.05) is 5.56 Å². The summed E-state index contributed by atoms with van der Waals surface area (Å²) in [6, 6.07) is 24.3. The van der Waals surface area contributed by atoms with E-state index in [1.807, 2.05) is 54.6 Å². The number of carbonyl (C=O) groups excluding carboxylic acids is 1. The second kappa shape index (κ2) is 8.48. The van der Waals surface area contributed by atoms with Gasteiger partial charge in [-0.2, -0.15) is 5.10 Å². The second-order valence-corrected chi connectivity index (χ2v) is 5.53. The van der Waals surface area contributed by atoms with Crippen LogP contribution in [-0.4, -0.2) is 23.8 Å². The number of phenolic OH excluding ortho intramolecular Hbond substituents is 1. The smallest absolute Gasteiger partial charge is 0.277 e. The maximum Gasteiger partial charge on any atom is 0.277 e. The number of phenols is 1. The Labute approximate surface area is 151 Å². The van der Waals surface area contributed by atoms with Gasteiger partial charge in [0.05, 0.1) is 6.21 Å². The molecule has 3 rings (SSSR count). The molecule has 0 aliphatic rings. The normalized spacial score (nSPS) is 10.6. The fourth-order valence-corrected chi connectivity index (χ4v) is 2.33. The first-order chi connectivity index (χ1) is 12.7. The Morgan fingerprint density at radius 1 is 0.923 bits per heavy atom. The van der Waals surface area contributed by atoms with E-state index in [0.29, 0.717) is 11.3 Å². The number of hydrogen-bond acceptors (Lipinski definition) is 4. The van der Waals surface area contributed by atoms with Crippen molar-refractivity contribution in [1.82, 2.24) is 5.43 Å². The number of para-hydroxylation sites is 1. The van der Waals surface area contributed by atoms with Crippen LogP contribution in [0.4, 0.5) is 0 Å². The molecular weight excluding hydrogens is 328 g/mol. The molecule has 0 radical (unpaired) electrons. The van der Waals surface area contributed by atoms with Gasteiger partial charge in [-0.3, -0.25) is 4.79 Å². The van der Waals surface area contributed by atoms with Crippen LogP contribution in [0.15, 0.2) is 84.0 Å². The molecule has 130 valence electrons. The van der Waals surface area contributed by atoms with E-state index in [9.17, 15) is 9.90 Å². The Bertz CT molecular complexity index is 891. The maximum absolute atomic E-state index is 11.8. The molecule has 0 aliphatic heterocycles. The molecule has 3 aromatic carbocycles. The lowest BCUT2D eigenvalue weighted by atomic mass is 10.1. The number of aromatic hydroxyl groups is 1. The molecule has 5 nitrogen and oxygen atoms in total. The van der Waals surface area contributed by atoms with Crippen LogP contribution in [0.2, 0.25) is 0 Å². The minimum absolute atomic E-state index is 0.0975. The number of hydrogen-bond donors (Lipinski definition) is 2. The highest BCUT2D eigenvalue weighted by Crippen LogP contribution is 2.21. The molecule has 3 aromatic rings. The summed E-state index contributed by atoms with van der Waals surface area (Å²) in [6.45, 7) is -0.150. The Kier molecular flexibility index (Phi) is 5.62. The van der Waals surface area contributed by atoms with Crippen molar-refractivity contribution in [3.8, 4) is 22.6 Å². The quantitative estimate of drug-likeness (QED) is 0.529. The lowest BCUT2D eigenvalue weighted by Gasteiger charge is -2.06. The van der Waals surface area contributed by atoms with Crippen molar-refractivity contribution in [1.29, 1.82) is 0 Å². The van der Waals surface area contributed by atoms with E-state index in [4.69, 9.17) is 4.74 Å². The van der Waals surface area contributed by atoms with Crippen molar-refractivity contribution in [2.45, 2.75) is 0 Å². The topological polar surface area (TPSA) is 70.9 Å². The van der Waals surface area contributed by atoms with Gasteiger partial charge in [-0.25, -0.2) is 5.43 Å². The standard InChI is InChI=1S/C21H18N2O3/c24-20-9-5-4-8-18(20)14-22-23-21(25)15-26-19-12-10-17(11-13-19)16-6-2-1-3-7-16/h1-14,24H,15H2,(H,23,25)/b22-14+. The highest BCUT2D eigenvalue weighted by molar-refractivity contribution is 5.85. The largest absolute Gasteiger partial charge is 0.507 e. The molecule has 0 saturated heterocycles. The fraction of sp³-hybridized carbons (Fsp3) is 0.0476. The Morgan fingerprint density at radius 3 is 2.31 bits per heavy atom. The summed E-state index contributed by atoms with van der Waals surface area (Å²) < 4.78 is 5.45. The molecule has 0 aliphatic carbocycles. The minimum atomic E-state index is -0.385. The van der Waals surface area contributed by atoms with E-state index >= 15 is 0 Å². The third-order valence-electron chi connectivity index (χ3n) is 3.66. The van der Waals surface area contributed by atoms with Gasteiger partial charge in [-0.15, -0.1) is 0 Å².